The van der Waals surface area contributed by atoms with E-state index in [1.54, 1.807) is 7.11 Å². The Hall–Kier alpha value is -3.68. The molecule has 7 nitrogen and oxygen atoms in total. The molecule has 2 aromatic carbocycles. The molecule has 2 aliphatic rings. The van der Waals surface area contributed by atoms with Gasteiger partial charge >= 0.3 is 0 Å². The minimum atomic E-state index is 0.100. The highest BCUT2D eigenvalue weighted by molar-refractivity contribution is 5.79. The van der Waals surface area contributed by atoms with E-state index in [2.05, 4.69) is 68.9 Å². The van der Waals surface area contributed by atoms with Gasteiger partial charge in [0, 0.05) is 57.5 Å². The second kappa shape index (κ2) is 12.5. The van der Waals surface area contributed by atoms with Gasteiger partial charge in [0.05, 0.1) is 24.1 Å². The molecule has 1 amide bonds. The molecule has 3 heterocycles. The first kappa shape index (κ1) is 27.5. The Morgan fingerprint density at radius 1 is 0.927 bits per heavy atom. The van der Waals surface area contributed by atoms with Crippen LogP contribution in [-0.4, -0.2) is 71.1 Å². The molecule has 0 spiro atoms. The summed E-state index contributed by atoms with van der Waals surface area (Å²) in [4.78, 5) is 22.9. The highest BCUT2D eigenvalue weighted by Crippen LogP contribution is 2.31. The molecule has 1 aliphatic heterocycles. The van der Waals surface area contributed by atoms with Crippen LogP contribution in [-0.2, 0) is 16.1 Å². The van der Waals surface area contributed by atoms with E-state index in [0.29, 0.717) is 12.5 Å². The van der Waals surface area contributed by atoms with E-state index in [0.717, 1.165) is 92.2 Å². The maximum absolute atomic E-state index is 13.3. The molecule has 0 bridgehead atoms. The molecule has 1 saturated carbocycles. The van der Waals surface area contributed by atoms with E-state index in [1.807, 2.05) is 25.1 Å². The predicted octanol–water partition coefficient (Wildman–Crippen LogP) is 5.92. The summed E-state index contributed by atoms with van der Waals surface area (Å²) in [5.41, 5.74) is 6.47. The monoisotopic (exact) mass is 552 g/mol. The van der Waals surface area contributed by atoms with Crippen molar-refractivity contribution in [1.29, 1.82) is 0 Å². The standard InChI is InChI=1S/C34H40N4O3/c1-3-41-30-14-7-11-26(21-30)28-15-16-32-35-33(25-9-5-4-6-10-25)31(38(32)23-28)24-36-17-19-37(20-18-36)34(39)27-12-8-13-29(22-27)40-2/h4-7,9-11,14-16,21,23,27,29H,3,8,12-13,17-20,22,24H2,1-2H3. The highest BCUT2D eigenvalue weighted by Gasteiger charge is 2.32. The number of carbonyl (C=O) groups excluding carboxylic acids is 1. The summed E-state index contributed by atoms with van der Waals surface area (Å²) in [5.74, 6) is 1.28. The van der Waals surface area contributed by atoms with Crippen LogP contribution in [0.1, 0.15) is 38.3 Å². The Balaban J connectivity index is 1.24. The third-order valence-corrected chi connectivity index (χ3v) is 8.61. The molecule has 214 valence electrons. The van der Waals surface area contributed by atoms with Crippen molar-refractivity contribution in [3.63, 3.8) is 0 Å². The van der Waals surface area contributed by atoms with Gasteiger partial charge in [-0.1, -0.05) is 48.9 Å². The van der Waals surface area contributed by atoms with Crippen LogP contribution < -0.4 is 4.74 Å². The van der Waals surface area contributed by atoms with Gasteiger partial charge in [-0.25, -0.2) is 4.98 Å². The fourth-order valence-electron chi connectivity index (χ4n) is 6.35. The predicted molar refractivity (Wildman–Crippen MR) is 162 cm³/mol. The van der Waals surface area contributed by atoms with Gasteiger partial charge in [-0.3, -0.25) is 9.69 Å². The second-order valence-electron chi connectivity index (χ2n) is 11.2. The molecule has 1 aliphatic carbocycles. The molecule has 2 unspecified atom stereocenters. The van der Waals surface area contributed by atoms with Crippen molar-refractivity contribution in [3.8, 4) is 28.1 Å². The van der Waals surface area contributed by atoms with Gasteiger partial charge in [0.2, 0.25) is 5.91 Å². The van der Waals surface area contributed by atoms with Crippen LogP contribution in [0.2, 0.25) is 0 Å². The van der Waals surface area contributed by atoms with Crippen LogP contribution in [0.5, 0.6) is 5.75 Å². The number of benzene rings is 2. The molecule has 2 aromatic heterocycles. The average molecular weight is 553 g/mol. The molecule has 41 heavy (non-hydrogen) atoms. The molecule has 0 N–H and O–H groups in total. The van der Waals surface area contributed by atoms with Gasteiger partial charge in [0.15, 0.2) is 0 Å². The number of methoxy groups -OCH3 is 1. The maximum atomic E-state index is 13.3. The Morgan fingerprint density at radius 3 is 2.51 bits per heavy atom. The molecule has 2 atom stereocenters. The zero-order valence-electron chi connectivity index (χ0n) is 24.2. The number of pyridine rings is 1. The number of hydrogen-bond acceptors (Lipinski definition) is 5. The highest BCUT2D eigenvalue weighted by atomic mass is 16.5. The molecule has 6 rings (SSSR count). The fraction of sp³-hybridized carbons (Fsp3) is 0.412. The second-order valence-corrected chi connectivity index (χ2v) is 11.2. The Kier molecular flexibility index (Phi) is 8.35. The Morgan fingerprint density at radius 2 is 1.73 bits per heavy atom. The van der Waals surface area contributed by atoms with Crippen LogP contribution in [0, 0.1) is 5.92 Å². The zero-order chi connectivity index (χ0) is 28.2. The largest absolute Gasteiger partial charge is 0.494 e. The summed E-state index contributed by atoms with van der Waals surface area (Å²) in [6, 6.07) is 22.9. The average Bonchev–Trinajstić information content (AvgIpc) is 3.39. The Bertz CT molecular complexity index is 1480. The lowest BCUT2D eigenvalue weighted by atomic mass is 9.86. The summed E-state index contributed by atoms with van der Waals surface area (Å²) in [6.45, 7) is 6.64. The molecule has 2 fully saturated rings. The number of hydrogen-bond donors (Lipinski definition) is 0. The summed E-state index contributed by atoms with van der Waals surface area (Å²) in [5, 5.41) is 0. The molecule has 0 radical (unpaired) electrons. The number of piperazine rings is 1. The molecular weight excluding hydrogens is 512 g/mol. The summed E-state index contributed by atoms with van der Waals surface area (Å²) < 4.78 is 13.6. The van der Waals surface area contributed by atoms with Crippen LogP contribution in [0.25, 0.3) is 28.0 Å². The van der Waals surface area contributed by atoms with Gasteiger partial charge in [0.25, 0.3) is 0 Å². The molecular formula is C34H40N4O3. The van der Waals surface area contributed by atoms with Crippen molar-refractivity contribution in [3.05, 3.63) is 78.6 Å². The number of aromatic nitrogens is 2. The van der Waals surface area contributed by atoms with Crippen LogP contribution in [0.3, 0.4) is 0 Å². The van der Waals surface area contributed by atoms with Gasteiger partial charge < -0.3 is 18.8 Å². The van der Waals surface area contributed by atoms with Gasteiger partial charge in [-0.15, -0.1) is 0 Å². The lowest BCUT2D eigenvalue weighted by Crippen LogP contribution is -2.50. The number of fused-ring (bicyclic) bond motifs is 1. The van der Waals surface area contributed by atoms with Crippen molar-refractivity contribution in [1.82, 2.24) is 19.2 Å². The third-order valence-electron chi connectivity index (χ3n) is 8.61. The van der Waals surface area contributed by atoms with Crippen molar-refractivity contribution in [2.75, 3.05) is 39.9 Å². The summed E-state index contributed by atoms with van der Waals surface area (Å²) in [6.07, 6.45) is 6.40. The molecule has 4 aromatic rings. The van der Waals surface area contributed by atoms with Crippen LogP contribution in [0.15, 0.2) is 72.9 Å². The van der Waals surface area contributed by atoms with Crippen molar-refractivity contribution in [2.45, 2.75) is 45.3 Å². The van der Waals surface area contributed by atoms with E-state index >= 15 is 0 Å². The van der Waals surface area contributed by atoms with E-state index in [1.165, 1.54) is 5.69 Å². The summed E-state index contributed by atoms with van der Waals surface area (Å²) >= 11 is 0. The number of carbonyl (C=O) groups is 1. The quantitative estimate of drug-likeness (QED) is 0.272. The maximum Gasteiger partial charge on any atom is 0.225 e. The normalized spacial score (nSPS) is 19.9. The number of imidazole rings is 1. The SMILES string of the molecule is CCOc1cccc(-c2ccc3nc(-c4ccccc4)c(CN4CCN(C(=O)C5CCCC(OC)C5)CC4)n3c2)c1. The van der Waals surface area contributed by atoms with Gasteiger partial charge in [-0.2, -0.15) is 0 Å². The van der Waals surface area contributed by atoms with E-state index in [-0.39, 0.29) is 12.0 Å². The first-order chi connectivity index (χ1) is 20.1. The van der Waals surface area contributed by atoms with Crippen LogP contribution in [0.4, 0.5) is 0 Å². The number of ether oxygens (including phenoxy) is 2. The minimum Gasteiger partial charge on any atom is -0.494 e. The lowest BCUT2D eigenvalue weighted by molar-refractivity contribution is -0.140. The summed E-state index contributed by atoms with van der Waals surface area (Å²) in [7, 11) is 1.76. The fourth-order valence-corrected chi connectivity index (χ4v) is 6.35. The van der Waals surface area contributed by atoms with Gasteiger partial charge in [0.1, 0.15) is 11.4 Å². The van der Waals surface area contributed by atoms with Crippen LogP contribution >= 0.6 is 0 Å². The number of amides is 1. The molecule has 1 saturated heterocycles. The smallest absolute Gasteiger partial charge is 0.225 e. The van der Waals surface area contributed by atoms with E-state index in [4.69, 9.17) is 14.5 Å². The van der Waals surface area contributed by atoms with Gasteiger partial charge in [-0.05, 0) is 61.6 Å². The van der Waals surface area contributed by atoms with Crippen molar-refractivity contribution >= 4 is 11.6 Å². The zero-order valence-corrected chi connectivity index (χ0v) is 24.2. The number of rotatable bonds is 8. The van der Waals surface area contributed by atoms with E-state index in [9.17, 15) is 4.79 Å². The minimum absolute atomic E-state index is 0.100. The lowest BCUT2D eigenvalue weighted by Gasteiger charge is -2.38. The molecule has 7 heteroatoms. The first-order valence-electron chi connectivity index (χ1n) is 15.0. The topological polar surface area (TPSA) is 59.3 Å². The third kappa shape index (κ3) is 6.02. The number of nitrogens with zero attached hydrogens (tertiary/aromatic N) is 4. The van der Waals surface area contributed by atoms with E-state index < -0.39 is 0 Å². The van der Waals surface area contributed by atoms with Crippen molar-refractivity contribution < 1.29 is 14.3 Å². The Labute approximate surface area is 242 Å². The van der Waals surface area contributed by atoms with Crippen molar-refractivity contribution in [2.24, 2.45) is 5.92 Å². The first-order valence-corrected chi connectivity index (χ1v) is 15.0.